The molecule has 182 valence electrons. The molecule has 1 spiro atoms. The van der Waals surface area contributed by atoms with Gasteiger partial charge in [-0.15, -0.1) is 0 Å². The Kier molecular flexibility index (Phi) is 6.15. The Labute approximate surface area is 207 Å². The van der Waals surface area contributed by atoms with Crippen molar-refractivity contribution in [1.82, 2.24) is 10.0 Å². The third kappa shape index (κ3) is 4.34. The fraction of sp³-hybridized carbons (Fsp3) is 0.321. The van der Waals surface area contributed by atoms with E-state index < -0.39 is 10.0 Å². The van der Waals surface area contributed by atoms with Gasteiger partial charge in [0.15, 0.2) is 0 Å². The van der Waals surface area contributed by atoms with E-state index in [1.165, 1.54) is 42.1 Å². The molecule has 2 N–H and O–H groups in total. The van der Waals surface area contributed by atoms with Gasteiger partial charge in [-0.05, 0) is 78.9 Å². The van der Waals surface area contributed by atoms with Gasteiger partial charge in [0.1, 0.15) is 0 Å². The van der Waals surface area contributed by atoms with Crippen molar-refractivity contribution in [3.05, 3.63) is 83.4 Å². The van der Waals surface area contributed by atoms with E-state index in [2.05, 4.69) is 59.4 Å². The number of carbonyl (C=O) groups is 1. The maximum absolute atomic E-state index is 13.3. The molecule has 3 aromatic carbocycles. The Balaban J connectivity index is 1.38. The fourth-order valence-corrected chi connectivity index (χ4v) is 6.30. The average molecular weight is 490 g/mol. The van der Waals surface area contributed by atoms with Gasteiger partial charge in [-0.1, -0.05) is 55.3 Å². The highest BCUT2D eigenvalue weighted by Gasteiger charge is 2.46. The number of urea groups is 1. The maximum Gasteiger partial charge on any atom is 0.322 e. The minimum atomic E-state index is -3.48. The predicted molar refractivity (Wildman–Crippen MR) is 139 cm³/mol. The van der Waals surface area contributed by atoms with Crippen molar-refractivity contribution in [3.63, 3.8) is 0 Å². The van der Waals surface area contributed by atoms with Crippen LogP contribution in [0.15, 0.2) is 71.6 Å². The number of anilines is 1. The van der Waals surface area contributed by atoms with Crippen molar-refractivity contribution in [3.8, 4) is 11.1 Å². The lowest BCUT2D eigenvalue weighted by molar-refractivity contribution is 0.245. The molecule has 7 heteroatoms. The molecule has 1 fully saturated rings. The summed E-state index contributed by atoms with van der Waals surface area (Å²) in [5.74, 6) is 0. The Hall–Kier alpha value is -3.16. The summed E-state index contributed by atoms with van der Waals surface area (Å²) in [5.41, 5.74) is 6.83. The number of nitrogens with one attached hydrogen (secondary N) is 2. The third-order valence-electron chi connectivity index (χ3n) is 7.53. The molecule has 0 aromatic heterocycles. The van der Waals surface area contributed by atoms with Crippen molar-refractivity contribution in [2.75, 3.05) is 18.5 Å². The lowest BCUT2D eigenvalue weighted by Gasteiger charge is -2.25. The van der Waals surface area contributed by atoms with Crippen molar-refractivity contribution >= 4 is 21.7 Å². The third-order valence-corrected chi connectivity index (χ3v) is 8.96. The van der Waals surface area contributed by atoms with Crippen LogP contribution in [0.2, 0.25) is 0 Å². The number of carbonyl (C=O) groups excluding carboxylic acids is 1. The van der Waals surface area contributed by atoms with Gasteiger partial charge in [-0.3, -0.25) is 4.90 Å². The summed E-state index contributed by atoms with van der Waals surface area (Å²) in [6.07, 6.45) is 4.57. The molecule has 1 saturated carbocycles. The predicted octanol–water partition coefficient (Wildman–Crippen LogP) is 5.11. The van der Waals surface area contributed by atoms with Gasteiger partial charge in [0.25, 0.3) is 0 Å². The van der Waals surface area contributed by atoms with Crippen molar-refractivity contribution < 1.29 is 13.2 Å². The lowest BCUT2D eigenvalue weighted by Crippen LogP contribution is -2.41. The van der Waals surface area contributed by atoms with Crippen LogP contribution in [0.1, 0.15) is 42.4 Å². The first-order valence-corrected chi connectivity index (χ1v) is 13.6. The number of benzene rings is 3. The molecule has 0 atom stereocenters. The number of hydrogen-bond donors (Lipinski definition) is 2. The molecule has 2 aliphatic rings. The molecule has 0 bridgehead atoms. The first-order chi connectivity index (χ1) is 16.8. The number of rotatable bonds is 5. The summed E-state index contributed by atoms with van der Waals surface area (Å²) < 4.78 is 26.2. The summed E-state index contributed by atoms with van der Waals surface area (Å²) in [5, 5.41) is 3.04. The molecule has 1 aliphatic heterocycles. The van der Waals surface area contributed by atoms with Crippen LogP contribution in [0.3, 0.4) is 0 Å². The minimum Gasteiger partial charge on any atom is -0.334 e. The van der Waals surface area contributed by atoms with Crippen LogP contribution in [0.4, 0.5) is 10.5 Å². The van der Waals surface area contributed by atoms with E-state index in [1.54, 1.807) is 24.3 Å². The van der Waals surface area contributed by atoms with E-state index >= 15 is 0 Å². The van der Waals surface area contributed by atoms with E-state index in [9.17, 15) is 13.2 Å². The summed E-state index contributed by atoms with van der Waals surface area (Å²) in [7, 11) is -2.09. The van der Waals surface area contributed by atoms with E-state index in [1.807, 2.05) is 4.90 Å². The van der Waals surface area contributed by atoms with Gasteiger partial charge in [-0.2, -0.15) is 0 Å². The van der Waals surface area contributed by atoms with Crippen LogP contribution < -0.4 is 14.9 Å². The van der Waals surface area contributed by atoms with Crippen molar-refractivity contribution in [2.24, 2.45) is 0 Å². The monoisotopic (exact) mass is 489 g/mol. The number of aryl methyl sites for hydroxylation is 1. The van der Waals surface area contributed by atoms with Gasteiger partial charge in [0.2, 0.25) is 10.0 Å². The molecule has 5 rings (SSSR count). The van der Waals surface area contributed by atoms with E-state index in [4.69, 9.17) is 0 Å². The highest BCUT2D eigenvalue weighted by atomic mass is 32.2. The zero-order valence-corrected chi connectivity index (χ0v) is 21.0. The number of hydrogen-bond acceptors (Lipinski definition) is 3. The Morgan fingerprint density at radius 2 is 1.71 bits per heavy atom. The first kappa shape index (κ1) is 23.6. The van der Waals surface area contributed by atoms with Gasteiger partial charge in [-0.25, -0.2) is 17.9 Å². The smallest absolute Gasteiger partial charge is 0.322 e. The minimum absolute atomic E-state index is 0.0224. The Morgan fingerprint density at radius 1 is 1.00 bits per heavy atom. The second kappa shape index (κ2) is 9.13. The molecule has 0 radical (unpaired) electrons. The SMILES string of the molecule is CNS(=O)(=O)c1ccc(CNC(=O)N2CC3(CCCC3)c3cc(-c4ccccc4C)ccc32)cc1. The van der Waals surface area contributed by atoms with Crippen LogP contribution in [0, 0.1) is 6.92 Å². The van der Waals surface area contributed by atoms with E-state index in [0.29, 0.717) is 13.1 Å². The number of sulfonamides is 1. The number of amides is 2. The molecule has 0 saturated heterocycles. The molecule has 0 unspecified atom stereocenters. The largest absolute Gasteiger partial charge is 0.334 e. The van der Waals surface area contributed by atoms with Gasteiger partial charge >= 0.3 is 6.03 Å². The first-order valence-electron chi connectivity index (χ1n) is 12.1. The zero-order valence-electron chi connectivity index (χ0n) is 20.2. The van der Waals surface area contributed by atoms with Crippen molar-refractivity contribution in [1.29, 1.82) is 0 Å². The number of fused-ring (bicyclic) bond motifs is 2. The van der Waals surface area contributed by atoms with Gasteiger partial charge in [0.05, 0.1) is 4.90 Å². The molecule has 3 aromatic rings. The second-order valence-corrected chi connectivity index (χ2v) is 11.5. The second-order valence-electron chi connectivity index (χ2n) is 9.63. The topological polar surface area (TPSA) is 78.5 Å². The zero-order chi connectivity index (χ0) is 24.6. The summed E-state index contributed by atoms with van der Waals surface area (Å²) in [4.78, 5) is 15.4. The highest BCUT2D eigenvalue weighted by molar-refractivity contribution is 7.89. The number of nitrogens with zero attached hydrogens (tertiary/aromatic N) is 1. The fourth-order valence-electron chi connectivity index (χ4n) is 5.57. The maximum atomic E-state index is 13.3. The van der Waals surface area contributed by atoms with Crippen LogP contribution in [0.25, 0.3) is 11.1 Å². The van der Waals surface area contributed by atoms with E-state index in [-0.39, 0.29) is 16.3 Å². The van der Waals surface area contributed by atoms with Crippen LogP contribution in [0.5, 0.6) is 0 Å². The molecular formula is C28H31N3O3S. The Bertz CT molecular complexity index is 1360. The van der Waals surface area contributed by atoms with Gasteiger partial charge < -0.3 is 5.32 Å². The van der Waals surface area contributed by atoms with Crippen LogP contribution in [-0.4, -0.2) is 28.0 Å². The molecule has 1 heterocycles. The van der Waals surface area contributed by atoms with Gasteiger partial charge in [0, 0.05) is 24.2 Å². The standard InChI is InChI=1S/C28H31N3O3S/c1-20-7-3-4-8-24(20)22-11-14-26-25(17-22)28(15-5-6-16-28)19-31(26)27(32)30-18-21-9-12-23(13-10-21)35(33,34)29-2/h3-4,7-14,17,29H,5-6,15-16,18-19H2,1-2H3,(H,30,32). The molecular weight excluding hydrogens is 458 g/mol. The molecule has 35 heavy (non-hydrogen) atoms. The van der Waals surface area contributed by atoms with Crippen molar-refractivity contribution in [2.45, 2.75) is 49.5 Å². The Morgan fingerprint density at radius 3 is 2.40 bits per heavy atom. The lowest BCUT2D eigenvalue weighted by atomic mass is 9.80. The quantitative estimate of drug-likeness (QED) is 0.523. The summed E-state index contributed by atoms with van der Waals surface area (Å²) in [6.45, 7) is 3.16. The van der Waals surface area contributed by atoms with E-state index in [0.717, 1.165) is 24.1 Å². The van der Waals surface area contributed by atoms with Crippen LogP contribution in [-0.2, 0) is 22.0 Å². The molecule has 2 amide bonds. The average Bonchev–Trinajstić information content (AvgIpc) is 3.48. The summed E-state index contributed by atoms with van der Waals surface area (Å²) >= 11 is 0. The molecule has 6 nitrogen and oxygen atoms in total. The normalized spacial score (nSPS) is 16.5. The molecule has 1 aliphatic carbocycles. The summed E-state index contributed by atoms with van der Waals surface area (Å²) in [6, 6.07) is 21.4. The highest BCUT2D eigenvalue weighted by Crippen LogP contribution is 2.51. The van der Waals surface area contributed by atoms with Crippen LogP contribution >= 0.6 is 0 Å².